The highest BCUT2D eigenvalue weighted by Gasteiger charge is 2.18. The number of anilines is 2. The lowest BCUT2D eigenvalue weighted by molar-refractivity contribution is -0.385. The van der Waals surface area contributed by atoms with Crippen molar-refractivity contribution in [1.29, 1.82) is 0 Å². The third-order valence-corrected chi connectivity index (χ3v) is 5.61. The number of carbonyl (C=O) groups excluding carboxylic acids is 2. The molecule has 5 aromatic rings. The molecule has 0 atom stereocenters. The first-order valence-electron chi connectivity index (χ1n) is 11.1. The third-order valence-electron chi connectivity index (χ3n) is 5.61. The van der Waals surface area contributed by atoms with Crippen molar-refractivity contribution in [2.75, 3.05) is 10.6 Å². The second-order valence-corrected chi connectivity index (χ2v) is 8.12. The summed E-state index contributed by atoms with van der Waals surface area (Å²) in [4.78, 5) is 56.2. The molecule has 0 fully saturated rings. The van der Waals surface area contributed by atoms with Gasteiger partial charge in [-0.05, 0) is 36.4 Å². The van der Waals surface area contributed by atoms with Crippen molar-refractivity contribution in [2.24, 2.45) is 0 Å². The predicted molar refractivity (Wildman–Crippen MR) is 139 cm³/mol. The van der Waals surface area contributed by atoms with Crippen LogP contribution in [0.4, 0.5) is 22.7 Å². The van der Waals surface area contributed by atoms with Crippen molar-refractivity contribution >= 4 is 56.6 Å². The van der Waals surface area contributed by atoms with Gasteiger partial charge in [-0.15, -0.1) is 0 Å². The second-order valence-electron chi connectivity index (χ2n) is 8.12. The summed E-state index contributed by atoms with van der Waals surface area (Å²) in [6.45, 7) is 0. The zero-order chi connectivity index (χ0) is 26.8. The molecule has 0 aliphatic carbocycles. The molecule has 12 heteroatoms. The van der Waals surface area contributed by atoms with E-state index in [1.807, 2.05) is 12.1 Å². The molecule has 5 rings (SSSR count). The maximum absolute atomic E-state index is 13.0. The Morgan fingerprint density at radius 2 is 1.00 bits per heavy atom. The summed E-state index contributed by atoms with van der Waals surface area (Å²) in [5.74, 6) is -1.32. The summed E-state index contributed by atoms with van der Waals surface area (Å²) in [5, 5.41) is 27.6. The Morgan fingerprint density at radius 1 is 0.579 bits per heavy atom. The van der Waals surface area contributed by atoms with Gasteiger partial charge in [0.1, 0.15) is 0 Å². The van der Waals surface area contributed by atoms with E-state index in [4.69, 9.17) is 0 Å². The number of nitrogens with one attached hydrogen (secondary N) is 2. The lowest BCUT2D eigenvalue weighted by Gasteiger charge is -2.14. The minimum Gasteiger partial charge on any atom is -0.320 e. The fourth-order valence-electron chi connectivity index (χ4n) is 3.79. The second kappa shape index (κ2) is 9.70. The largest absolute Gasteiger partial charge is 0.320 e. The Bertz CT molecular complexity index is 1660. The van der Waals surface area contributed by atoms with E-state index in [1.165, 1.54) is 48.5 Å². The number of hydrogen-bond donors (Lipinski definition) is 2. The average molecular weight is 508 g/mol. The number of carbonyl (C=O) groups is 2. The molecule has 0 aliphatic heterocycles. The molecule has 0 saturated heterocycles. The van der Waals surface area contributed by atoms with Crippen LogP contribution in [0.25, 0.3) is 22.1 Å². The van der Waals surface area contributed by atoms with Crippen LogP contribution in [0.1, 0.15) is 20.7 Å². The number of amides is 2. The van der Waals surface area contributed by atoms with Gasteiger partial charge in [0.15, 0.2) is 0 Å². The number of hydrogen-bond acceptors (Lipinski definition) is 8. The number of benzene rings is 4. The number of nitro groups is 2. The topological polar surface area (TPSA) is 170 Å². The van der Waals surface area contributed by atoms with Crippen LogP contribution in [0.3, 0.4) is 0 Å². The number of fused-ring (bicyclic) bond motifs is 2. The quantitative estimate of drug-likeness (QED) is 0.181. The fraction of sp³-hybridized carbons (Fsp3) is 0. The highest BCUT2D eigenvalue weighted by atomic mass is 16.6. The van der Waals surface area contributed by atoms with Gasteiger partial charge < -0.3 is 10.6 Å². The van der Waals surface area contributed by atoms with Crippen LogP contribution in [0.15, 0.2) is 84.9 Å². The van der Waals surface area contributed by atoms with E-state index < -0.39 is 21.7 Å². The van der Waals surface area contributed by atoms with Gasteiger partial charge in [-0.25, -0.2) is 9.97 Å². The highest BCUT2D eigenvalue weighted by molar-refractivity contribution is 6.12. The van der Waals surface area contributed by atoms with Crippen molar-refractivity contribution in [2.45, 2.75) is 0 Å². The molecule has 0 spiro atoms. The minimum absolute atomic E-state index is 0.0276. The Hall–Kier alpha value is -5.78. The first kappa shape index (κ1) is 23.9. The van der Waals surface area contributed by atoms with E-state index in [9.17, 15) is 29.8 Å². The summed E-state index contributed by atoms with van der Waals surface area (Å²) in [6.07, 6.45) is 0. The molecule has 0 aliphatic rings. The van der Waals surface area contributed by atoms with Gasteiger partial charge >= 0.3 is 0 Å². The number of nitro benzene ring substituents is 2. The first-order valence-corrected chi connectivity index (χ1v) is 11.1. The smallest absolute Gasteiger partial charge is 0.270 e. The van der Waals surface area contributed by atoms with Crippen molar-refractivity contribution in [1.82, 2.24) is 9.97 Å². The van der Waals surface area contributed by atoms with E-state index >= 15 is 0 Å². The van der Waals surface area contributed by atoms with Crippen LogP contribution < -0.4 is 10.6 Å². The molecular formula is C26H16N6O6. The molecule has 0 unspecified atom stereocenters. The van der Waals surface area contributed by atoms with Crippen LogP contribution in [-0.2, 0) is 0 Å². The number of non-ortho nitro benzene ring substituents is 2. The molecule has 2 N–H and O–H groups in total. The summed E-state index contributed by atoms with van der Waals surface area (Å²) in [7, 11) is 0. The zero-order valence-electron chi connectivity index (χ0n) is 19.3. The summed E-state index contributed by atoms with van der Waals surface area (Å²) in [6, 6.07) is 20.6. The number of aromatic nitrogens is 2. The molecule has 1 aromatic heterocycles. The van der Waals surface area contributed by atoms with E-state index in [-0.39, 0.29) is 33.9 Å². The standard InChI is InChI=1S/C26H16N6O6/c33-25(15-5-3-7-17(11-15)31(35)36)29-23-13-21-22(28-20-10-2-1-9-19(20)27-21)14-24(23)30-26(34)16-6-4-8-18(12-16)32(37)38/h1-14H,(H,29,33)(H,30,34). The maximum Gasteiger partial charge on any atom is 0.270 e. The van der Waals surface area contributed by atoms with Crippen LogP contribution in [0.2, 0.25) is 0 Å². The van der Waals surface area contributed by atoms with Gasteiger partial charge in [0, 0.05) is 35.4 Å². The molecule has 12 nitrogen and oxygen atoms in total. The van der Waals surface area contributed by atoms with E-state index in [0.29, 0.717) is 22.1 Å². The maximum atomic E-state index is 13.0. The number of para-hydroxylation sites is 2. The molecular weight excluding hydrogens is 492 g/mol. The molecule has 0 radical (unpaired) electrons. The van der Waals surface area contributed by atoms with Crippen molar-refractivity contribution in [3.63, 3.8) is 0 Å². The van der Waals surface area contributed by atoms with E-state index in [2.05, 4.69) is 20.6 Å². The molecule has 4 aromatic carbocycles. The van der Waals surface area contributed by atoms with E-state index in [1.54, 1.807) is 12.1 Å². The lowest BCUT2D eigenvalue weighted by Crippen LogP contribution is -2.17. The summed E-state index contributed by atoms with van der Waals surface area (Å²) < 4.78 is 0. The monoisotopic (exact) mass is 508 g/mol. The summed E-state index contributed by atoms with van der Waals surface area (Å²) >= 11 is 0. The van der Waals surface area contributed by atoms with Crippen LogP contribution in [0.5, 0.6) is 0 Å². The molecule has 0 bridgehead atoms. The van der Waals surface area contributed by atoms with Gasteiger partial charge in [-0.1, -0.05) is 24.3 Å². The van der Waals surface area contributed by atoms with Gasteiger partial charge in [0.25, 0.3) is 23.2 Å². The fourth-order valence-corrected chi connectivity index (χ4v) is 3.79. The SMILES string of the molecule is O=C(Nc1cc2nc3ccccc3nc2cc1NC(=O)c1cccc([N+](=O)[O-])c1)c1cccc([N+](=O)[O-])c1. The van der Waals surface area contributed by atoms with Crippen LogP contribution in [-0.4, -0.2) is 31.6 Å². The zero-order valence-corrected chi connectivity index (χ0v) is 19.3. The van der Waals surface area contributed by atoms with Gasteiger partial charge in [-0.2, -0.15) is 0 Å². The van der Waals surface area contributed by atoms with Gasteiger partial charge in [0.05, 0.1) is 43.3 Å². The first-order chi connectivity index (χ1) is 18.3. The molecule has 38 heavy (non-hydrogen) atoms. The van der Waals surface area contributed by atoms with Gasteiger partial charge in [0.2, 0.25) is 0 Å². The Labute approximate surface area is 213 Å². The molecule has 0 saturated carbocycles. The van der Waals surface area contributed by atoms with Gasteiger partial charge in [-0.3, -0.25) is 29.8 Å². The van der Waals surface area contributed by atoms with Crippen molar-refractivity contribution < 1.29 is 19.4 Å². The molecule has 186 valence electrons. The average Bonchev–Trinajstić information content (AvgIpc) is 2.92. The van der Waals surface area contributed by atoms with E-state index in [0.717, 1.165) is 12.1 Å². The summed E-state index contributed by atoms with van der Waals surface area (Å²) in [5.41, 5.74) is 1.92. The third kappa shape index (κ3) is 4.81. The van der Waals surface area contributed by atoms with Crippen LogP contribution >= 0.6 is 0 Å². The van der Waals surface area contributed by atoms with Crippen molar-refractivity contribution in [3.05, 3.63) is 116 Å². The van der Waals surface area contributed by atoms with Crippen molar-refractivity contribution in [3.8, 4) is 0 Å². The minimum atomic E-state index is -0.660. The number of rotatable bonds is 6. The lowest BCUT2D eigenvalue weighted by atomic mass is 10.1. The highest BCUT2D eigenvalue weighted by Crippen LogP contribution is 2.30. The Morgan fingerprint density at radius 3 is 1.39 bits per heavy atom. The van der Waals surface area contributed by atoms with Crippen LogP contribution in [0, 0.1) is 20.2 Å². The Balaban J connectivity index is 1.57. The number of nitrogens with zero attached hydrogens (tertiary/aromatic N) is 4. The molecule has 1 heterocycles. The Kier molecular flexibility index (Phi) is 6.11. The normalized spacial score (nSPS) is 10.7. The molecule has 2 amide bonds. The predicted octanol–water partition coefficient (Wildman–Crippen LogP) is 5.10.